The number of carbonyl (C=O) groups excluding carboxylic acids is 3. The molecule has 2 aromatic heterocycles. The highest BCUT2D eigenvalue weighted by molar-refractivity contribution is 7.13. The highest BCUT2D eigenvalue weighted by Gasteiger charge is 2.32. The molecule has 0 aliphatic rings. The molecular formula is C26H31N5O4S. The van der Waals surface area contributed by atoms with Crippen LogP contribution in [0, 0.1) is 5.41 Å². The van der Waals surface area contributed by atoms with Crippen LogP contribution in [0.4, 0.5) is 5.69 Å². The van der Waals surface area contributed by atoms with Crippen molar-refractivity contribution < 1.29 is 14.4 Å². The Kier molecular flexibility index (Phi) is 8.09. The molecule has 0 radical (unpaired) electrons. The molecule has 36 heavy (non-hydrogen) atoms. The van der Waals surface area contributed by atoms with Crippen molar-refractivity contribution in [1.29, 1.82) is 0 Å². The van der Waals surface area contributed by atoms with Crippen LogP contribution in [0.25, 0.3) is 10.6 Å². The Labute approximate surface area is 213 Å². The smallest absolute Gasteiger partial charge is 0.267 e. The summed E-state index contributed by atoms with van der Waals surface area (Å²) >= 11 is 1.49. The number of thiophene rings is 1. The molecule has 0 fully saturated rings. The minimum absolute atomic E-state index is 0.117. The van der Waals surface area contributed by atoms with Gasteiger partial charge in [-0.3, -0.25) is 19.2 Å². The van der Waals surface area contributed by atoms with Crippen molar-refractivity contribution in [2.75, 3.05) is 18.4 Å². The van der Waals surface area contributed by atoms with Crippen molar-refractivity contribution in [3.63, 3.8) is 0 Å². The Morgan fingerprint density at radius 3 is 2.17 bits per heavy atom. The van der Waals surface area contributed by atoms with Gasteiger partial charge in [0.2, 0.25) is 11.8 Å². The molecule has 0 spiro atoms. The summed E-state index contributed by atoms with van der Waals surface area (Å²) in [5, 5.41) is 14.6. The van der Waals surface area contributed by atoms with Crippen LogP contribution in [-0.2, 0) is 15.1 Å². The summed E-state index contributed by atoms with van der Waals surface area (Å²) in [6.07, 6.45) is 0. The van der Waals surface area contributed by atoms with Crippen LogP contribution in [0.15, 0.2) is 58.7 Å². The van der Waals surface area contributed by atoms with Crippen LogP contribution >= 0.6 is 11.3 Å². The van der Waals surface area contributed by atoms with Gasteiger partial charge in [-0.1, -0.05) is 26.8 Å². The lowest BCUT2D eigenvalue weighted by atomic mass is 9.95. The number of benzene rings is 1. The molecule has 3 aromatic rings. The van der Waals surface area contributed by atoms with Crippen molar-refractivity contribution in [2.45, 2.75) is 40.2 Å². The fourth-order valence-electron chi connectivity index (χ4n) is 3.16. The van der Waals surface area contributed by atoms with Crippen LogP contribution in [0.5, 0.6) is 0 Å². The molecule has 3 N–H and O–H groups in total. The molecule has 0 aliphatic carbocycles. The Morgan fingerprint density at radius 2 is 1.56 bits per heavy atom. The molecule has 10 heteroatoms. The van der Waals surface area contributed by atoms with Crippen LogP contribution in [0.1, 0.15) is 45.0 Å². The Bertz CT molecular complexity index is 1290. The second-order valence-corrected chi connectivity index (χ2v) is 10.7. The van der Waals surface area contributed by atoms with Gasteiger partial charge in [0.25, 0.3) is 11.5 Å². The maximum Gasteiger partial charge on any atom is 0.267 e. The molecule has 0 saturated carbocycles. The molecule has 190 valence electrons. The zero-order valence-electron chi connectivity index (χ0n) is 21.0. The molecule has 0 aliphatic heterocycles. The van der Waals surface area contributed by atoms with E-state index in [9.17, 15) is 19.2 Å². The first-order valence-corrected chi connectivity index (χ1v) is 12.4. The maximum atomic E-state index is 12.9. The van der Waals surface area contributed by atoms with Gasteiger partial charge in [0.15, 0.2) is 0 Å². The summed E-state index contributed by atoms with van der Waals surface area (Å²) in [6.45, 7) is 9.07. The van der Waals surface area contributed by atoms with Crippen LogP contribution in [-0.4, -0.2) is 40.6 Å². The first-order chi connectivity index (χ1) is 16.9. The predicted octanol–water partition coefficient (Wildman–Crippen LogP) is 3.24. The third-order valence-electron chi connectivity index (χ3n) is 5.44. The van der Waals surface area contributed by atoms with Gasteiger partial charge in [0.05, 0.1) is 4.88 Å². The molecule has 9 nitrogen and oxygen atoms in total. The second kappa shape index (κ2) is 10.9. The Hall–Kier alpha value is -3.79. The van der Waals surface area contributed by atoms with Crippen molar-refractivity contribution in [3.8, 4) is 10.6 Å². The third-order valence-corrected chi connectivity index (χ3v) is 6.33. The number of amides is 3. The number of rotatable bonds is 8. The van der Waals surface area contributed by atoms with E-state index in [0.29, 0.717) is 16.9 Å². The molecule has 2 heterocycles. The van der Waals surface area contributed by atoms with Gasteiger partial charge in [-0.15, -0.1) is 11.3 Å². The van der Waals surface area contributed by atoms with Gasteiger partial charge in [-0.2, -0.15) is 5.10 Å². The summed E-state index contributed by atoms with van der Waals surface area (Å²) in [5.41, 5.74) is -0.495. The topological polar surface area (TPSA) is 122 Å². The summed E-state index contributed by atoms with van der Waals surface area (Å²) < 4.78 is 1.18. The quantitative estimate of drug-likeness (QED) is 0.403. The highest BCUT2D eigenvalue weighted by atomic mass is 32.1. The average Bonchev–Trinajstić information content (AvgIpc) is 3.36. The number of hydrogen-bond donors (Lipinski definition) is 3. The van der Waals surface area contributed by atoms with Crippen LogP contribution < -0.4 is 21.5 Å². The van der Waals surface area contributed by atoms with E-state index in [1.807, 2.05) is 38.3 Å². The van der Waals surface area contributed by atoms with Gasteiger partial charge < -0.3 is 16.0 Å². The van der Waals surface area contributed by atoms with Crippen molar-refractivity contribution >= 4 is 34.7 Å². The van der Waals surface area contributed by atoms with Gasteiger partial charge >= 0.3 is 0 Å². The van der Waals surface area contributed by atoms with Gasteiger partial charge in [0.1, 0.15) is 11.2 Å². The standard InChI is InChI=1S/C26H31N5O4S/c1-25(2,3)23(34)29-18-10-8-17(9-11-18)22(33)27-14-15-28-24(35)26(4,5)31-21(32)13-12-19(30-31)20-7-6-16-36-20/h6-13,16H,14-15H2,1-5H3,(H,27,33)(H,28,35)(H,29,34). The molecule has 3 rings (SSSR count). The van der Waals surface area contributed by atoms with Crippen molar-refractivity contribution in [1.82, 2.24) is 20.4 Å². The Morgan fingerprint density at radius 1 is 0.889 bits per heavy atom. The summed E-state index contributed by atoms with van der Waals surface area (Å²) in [7, 11) is 0. The van der Waals surface area contributed by atoms with E-state index < -0.39 is 16.9 Å². The number of nitrogens with zero attached hydrogens (tertiary/aromatic N) is 2. The van der Waals surface area contributed by atoms with E-state index in [0.717, 1.165) is 4.88 Å². The fourth-order valence-corrected chi connectivity index (χ4v) is 3.85. The average molecular weight is 510 g/mol. The fraction of sp³-hybridized carbons (Fsp3) is 0.346. The van der Waals surface area contributed by atoms with E-state index in [-0.39, 0.29) is 30.5 Å². The van der Waals surface area contributed by atoms with Crippen molar-refractivity contribution in [3.05, 3.63) is 69.8 Å². The molecule has 3 amide bonds. The maximum absolute atomic E-state index is 12.9. The minimum atomic E-state index is -1.23. The summed E-state index contributed by atoms with van der Waals surface area (Å²) in [6, 6.07) is 13.4. The van der Waals surface area contributed by atoms with E-state index in [2.05, 4.69) is 21.0 Å². The summed E-state index contributed by atoms with van der Waals surface area (Å²) in [5.74, 6) is -0.818. The van der Waals surface area contributed by atoms with E-state index in [1.54, 1.807) is 44.2 Å². The van der Waals surface area contributed by atoms with Crippen molar-refractivity contribution in [2.24, 2.45) is 5.41 Å². The van der Waals surface area contributed by atoms with Gasteiger partial charge in [-0.25, -0.2) is 4.68 Å². The van der Waals surface area contributed by atoms with E-state index in [1.165, 1.54) is 22.1 Å². The number of nitrogens with one attached hydrogen (secondary N) is 3. The predicted molar refractivity (Wildman–Crippen MR) is 141 cm³/mol. The summed E-state index contributed by atoms with van der Waals surface area (Å²) in [4.78, 5) is 50.7. The third kappa shape index (κ3) is 6.45. The molecule has 0 saturated heterocycles. The van der Waals surface area contributed by atoms with E-state index in [4.69, 9.17) is 0 Å². The largest absolute Gasteiger partial charge is 0.352 e. The lowest BCUT2D eigenvalue weighted by Gasteiger charge is -2.25. The molecule has 0 bridgehead atoms. The monoisotopic (exact) mass is 509 g/mol. The normalized spacial score (nSPS) is 11.6. The zero-order chi connectivity index (χ0) is 26.5. The van der Waals surface area contributed by atoms with E-state index >= 15 is 0 Å². The van der Waals surface area contributed by atoms with Gasteiger partial charge in [0, 0.05) is 35.8 Å². The molecule has 0 atom stereocenters. The van der Waals surface area contributed by atoms with Gasteiger partial charge in [-0.05, 0) is 55.6 Å². The lowest BCUT2D eigenvalue weighted by Crippen LogP contribution is -2.50. The number of aromatic nitrogens is 2. The minimum Gasteiger partial charge on any atom is -0.352 e. The van der Waals surface area contributed by atoms with Crippen LogP contribution in [0.2, 0.25) is 0 Å². The SMILES string of the molecule is CC(C)(C)C(=O)Nc1ccc(C(=O)NCCNC(=O)C(C)(C)n2nc(-c3cccs3)ccc2=O)cc1. The first-order valence-electron chi connectivity index (χ1n) is 11.5. The lowest BCUT2D eigenvalue weighted by molar-refractivity contribution is -0.129. The second-order valence-electron chi connectivity index (χ2n) is 9.80. The zero-order valence-corrected chi connectivity index (χ0v) is 21.9. The Balaban J connectivity index is 1.53. The van der Waals surface area contributed by atoms with Crippen LogP contribution in [0.3, 0.4) is 0 Å². The number of hydrogen-bond acceptors (Lipinski definition) is 6. The first kappa shape index (κ1) is 26.8. The number of anilines is 1. The molecule has 1 aromatic carbocycles. The number of carbonyl (C=O) groups is 3. The molecular weight excluding hydrogens is 478 g/mol. The molecule has 0 unspecified atom stereocenters. The highest BCUT2D eigenvalue weighted by Crippen LogP contribution is 2.22.